The quantitative estimate of drug-likeness (QED) is 0.745. The van der Waals surface area contributed by atoms with E-state index in [0.717, 1.165) is 29.9 Å². The van der Waals surface area contributed by atoms with Crippen LogP contribution in [0.25, 0.3) is 6.08 Å². The predicted molar refractivity (Wildman–Crippen MR) is 122 cm³/mol. The van der Waals surface area contributed by atoms with Crippen molar-refractivity contribution in [1.82, 2.24) is 9.78 Å². The first-order valence-electron chi connectivity index (χ1n) is 10.5. The van der Waals surface area contributed by atoms with E-state index in [1.807, 2.05) is 35.0 Å². The van der Waals surface area contributed by atoms with Gasteiger partial charge in [0.25, 0.3) is 0 Å². The molecule has 1 fully saturated rings. The molecule has 0 atom stereocenters. The van der Waals surface area contributed by atoms with Gasteiger partial charge in [0.15, 0.2) is 0 Å². The highest BCUT2D eigenvalue weighted by atomic mass is 16.2. The molecule has 1 aromatic heterocycles. The Morgan fingerprint density at radius 3 is 2.30 bits per heavy atom. The van der Waals surface area contributed by atoms with Crippen LogP contribution < -0.4 is 10.2 Å². The standard InChI is InChI=1S/C24H32N4O2/c1-23(2,3)19-16-20(28(26-19)24(4,5)6)25-21(29)14-11-17-9-12-18(13-10-17)27-15-7-8-22(27)30/h9-14,16H,7-8,15H2,1-6H3,(H,25,29)/b14-11+. The van der Waals surface area contributed by atoms with Crippen LogP contribution in [0.3, 0.4) is 0 Å². The average Bonchev–Trinajstić information content (AvgIpc) is 3.26. The van der Waals surface area contributed by atoms with Crippen molar-refractivity contribution in [2.45, 2.75) is 65.3 Å². The van der Waals surface area contributed by atoms with Gasteiger partial charge in [0.2, 0.25) is 11.8 Å². The minimum absolute atomic E-state index is 0.107. The van der Waals surface area contributed by atoms with Gasteiger partial charge in [-0.2, -0.15) is 5.10 Å². The third-order valence-electron chi connectivity index (χ3n) is 5.07. The molecule has 0 aliphatic carbocycles. The van der Waals surface area contributed by atoms with Gasteiger partial charge >= 0.3 is 0 Å². The molecule has 2 amide bonds. The highest BCUT2D eigenvalue weighted by Gasteiger charge is 2.25. The van der Waals surface area contributed by atoms with Crippen molar-refractivity contribution in [3.8, 4) is 0 Å². The summed E-state index contributed by atoms with van der Waals surface area (Å²) in [6.07, 6.45) is 4.81. The van der Waals surface area contributed by atoms with E-state index in [2.05, 4.69) is 46.9 Å². The summed E-state index contributed by atoms with van der Waals surface area (Å²) in [5, 5.41) is 7.69. The van der Waals surface area contributed by atoms with Gasteiger partial charge in [-0.05, 0) is 51.0 Å². The molecule has 0 spiro atoms. The molecule has 1 saturated heterocycles. The minimum Gasteiger partial charge on any atom is -0.312 e. The lowest BCUT2D eigenvalue weighted by Gasteiger charge is -2.22. The predicted octanol–water partition coefficient (Wildman–Crippen LogP) is 4.71. The fourth-order valence-corrected chi connectivity index (χ4v) is 3.37. The zero-order valence-corrected chi connectivity index (χ0v) is 18.8. The monoisotopic (exact) mass is 408 g/mol. The van der Waals surface area contributed by atoms with E-state index in [1.165, 1.54) is 6.08 Å². The third kappa shape index (κ3) is 4.99. The number of nitrogens with zero attached hydrogens (tertiary/aromatic N) is 3. The maximum atomic E-state index is 12.6. The molecule has 1 aliphatic heterocycles. The zero-order valence-electron chi connectivity index (χ0n) is 18.8. The molecule has 6 heteroatoms. The number of aromatic nitrogens is 2. The summed E-state index contributed by atoms with van der Waals surface area (Å²) in [5.74, 6) is 0.646. The van der Waals surface area contributed by atoms with Crippen molar-refractivity contribution >= 4 is 29.4 Å². The number of amides is 2. The number of benzene rings is 1. The second kappa shape index (κ2) is 8.09. The minimum atomic E-state index is -0.251. The summed E-state index contributed by atoms with van der Waals surface area (Å²) < 4.78 is 1.86. The van der Waals surface area contributed by atoms with Gasteiger partial charge in [-0.3, -0.25) is 9.59 Å². The average molecular weight is 409 g/mol. The van der Waals surface area contributed by atoms with Crippen molar-refractivity contribution in [2.24, 2.45) is 0 Å². The molecule has 0 bridgehead atoms. The summed E-state index contributed by atoms with van der Waals surface area (Å²) in [5.41, 5.74) is 2.38. The highest BCUT2D eigenvalue weighted by molar-refractivity contribution is 6.01. The van der Waals surface area contributed by atoms with Crippen LogP contribution in [0.2, 0.25) is 0 Å². The van der Waals surface area contributed by atoms with Crippen LogP contribution in [0.5, 0.6) is 0 Å². The normalized spacial score (nSPS) is 15.3. The maximum absolute atomic E-state index is 12.6. The highest BCUT2D eigenvalue weighted by Crippen LogP contribution is 2.28. The van der Waals surface area contributed by atoms with Crippen molar-refractivity contribution in [3.05, 3.63) is 47.7 Å². The summed E-state index contributed by atoms with van der Waals surface area (Å²) in [6.45, 7) is 13.3. The Morgan fingerprint density at radius 2 is 1.77 bits per heavy atom. The van der Waals surface area contributed by atoms with Crippen LogP contribution in [0.4, 0.5) is 11.5 Å². The zero-order chi connectivity index (χ0) is 22.1. The first-order chi connectivity index (χ1) is 13.9. The molecular weight excluding hydrogens is 376 g/mol. The van der Waals surface area contributed by atoms with Crippen LogP contribution >= 0.6 is 0 Å². The molecule has 0 radical (unpaired) electrons. The van der Waals surface area contributed by atoms with Gasteiger partial charge in [0, 0.05) is 36.2 Å². The fourth-order valence-electron chi connectivity index (χ4n) is 3.37. The number of carbonyl (C=O) groups is 2. The first-order valence-corrected chi connectivity index (χ1v) is 10.5. The summed E-state index contributed by atoms with van der Waals surface area (Å²) in [4.78, 5) is 26.2. The number of nitrogens with one attached hydrogen (secondary N) is 1. The van der Waals surface area contributed by atoms with Crippen LogP contribution in [0.1, 0.15) is 65.6 Å². The van der Waals surface area contributed by atoms with E-state index in [1.54, 1.807) is 11.0 Å². The van der Waals surface area contributed by atoms with E-state index in [0.29, 0.717) is 12.2 Å². The topological polar surface area (TPSA) is 67.2 Å². The van der Waals surface area contributed by atoms with E-state index >= 15 is 0 Å². The molecule has 1 N–H and O–H groups in total. The Hall–Kier alpha value is -2.89. The van der Waals surface area contributed by atoms with Gasteiger partial charge in [-0.15, -0.1) is 0 Å². The molecule has 6 nitrogen and oxygen atoms in total. The van der Waals surface area contributed by atoms with Crippen molar-refractivity contribution in [1.29, 1.82) is 0 Å². The van der Waals surface area contributed by atoms with Gasteiger partial charge in [0.1, 0.15) is 5.82 Å². The molecule has 1 aliphatic rings. The van der Waals surface area contributed by atoms with Crippen molar-refractivity contribution in [3.63, 3.8) is 0 Å². The molecule has 0 unspecified atom stereocenters. The smallest absolute Gasteiger partial charge is 0.249 e. The number of carbonyl (C=O) groups excluding carboxylic acids is 2. The molecule has 0 saturated carbocycles. The van der Waals surface area contributed by atoms with E-state index in [-0.39, 0.29) is 22.8 Å². The fraction of sp³-hybridized carbons (Fsp3) is 0.458. The Bertz CT molecular complexity index is 957. The Labute approximate surface area is 179 Å². The molecule has 2 heterocycles. The van der Waals surface area contributed by atoms with Gasteiger partial charge < -0.3 is 10.2 Å². The van der Waals surface area contributed by atoms with Gasteiger partial charge in [-0.1, -0.05) is 32.9 Å². The summed E-state index contributed by atoms with van der Waals surface area (Å²) in [7, 11) is 0. The van der Waals surface area contributed by atoms with Crippen LogP contribution in [-0.2, 0) is 20.5 Å². The van der Waals surface area contributed by atoms with E-state index in [4.69, 9.17) is 5.10 Å². The molecular formula is C24H32N4O2. The SMILES string of the molecule is CC(C)(C)c1cc(NC(=O)/C=C/c2ccc(N3CCCC3=O)cc2)n(C(C)(C)C)n1. The molecule has 30 heavy (non-hydrogen) atoms. The largest absolute Gasteiger partial charge is 0.312 e. The van der Waals surface area contributed by atoms with Crippen LogP contribution in [0, 0.1) is 0 Å². The van der Waals surface area contributed by atoms with Crippen molar-refractivity contribution < 1.29 is 9.59 Å². The second-order valence-electron chi connectivity index (χ2n) is 9.81. The van der Waals surface area contributed by atoms with Crippen molar-refractivity contribution in [2.75, 3.05) is 16.8 Å². The van der Waals surface area contributed by atoms with Gasteiger partial charge in [-0.25, -0.2) is 4.68 Å². The molecule has 160 valence electrons. The number of anilines is 2. The Morgan fingerprint density at radius 1 is 1.10 bits per heavy atom. The van der Waals surface area contributed by atoms with Crippen LogP contribution in [0.15, 0.2) is 36.4 Å². The summed E-state index contributed by atoms with van der Waals surface area (Å²) >= 11 is 0. The molecule has 3 rings (SSSR count). The maximum Gasteiger partial charge on any atom is 0.249 e. The number of hydrogen-bond acceptors (Lipinski definition) is 3. The van der Waals surface area contributed by atoms with E-state index in [9.17, 15) is 9.59 Å². The lowest BCUT2D eigenvalue weighted by molar-refractivity contribution is -0.117. The van der Waals surface area contributed by atoms with E-state index < -0.39 is 0 Å². The van der Waals surface area contributed by atoms with Crippen LogP contribution in [-0.4, -0.2) is 28.1 Å². The Kier molecular flexibility index (Phi) is 5.88. The first kappa shape index (κ1) is 21.8. The Balaban J connectivity index is 1.72. The molecule has 2 aromatic rings. The third-order valence-corrected chi connectivity index (χ3v) is 5.07. The number of rotatable bonds is 4. The number of hydrogen-bond donors (Lipinski definition) is 1. The molecule has 1 aromatic carbocycles. The second-order valence-corrected chi connectivity index (χ2v) is 9.81. The lowest BCUT2D eigenvalue weighted by Crippen LogP contribution is -2.27. The summed E-state index contributed by atoms with van der Waals surface area (Å²) in [6, 6.07) is 9.62. The lowest BCUT2D eigenvalue weighted by atomic mass is 9.92. The van der Waals surface area contributed by atoms with Gasteiger partial charge in [0.05, 0.1) is 11.2 Å².